The molecular formula is C11H13F3N2O. The molecule has 6 heteroatoms. The largest absolute Gasteiger partial charge is 0.573 e. The number of halogens is 3. The fraction of sp³-hybridized carbons (Fsp3) is 0.455. The lowest BCUT2D eigenvalue weighted by Crippen LogP contribution is -2.54. The van der Waals surface area contributed by atoms with E-state index in [0.717, 1.165) is 18.7 Å². The molecule has 1 fully saturated rings. The van der Waals surface area contributed by atoms with Gasteiger partial charge in [0.15, 0.2) is 0 Å². The van der Waals surface area contributed by atoms with Crippen LogP contribution in [0.1, 0.15) is 5.56 Å². The third kappa shape index (κ3) is 3.90. The summed E-state index contributed by atoms with van der Waals surface area (Å²) in [4.78, 5) is 0. The minimum Gasteiger partial charge on any atom is -0.406 e. The Labute approximate surface area is 97.0 Å². The Hall–Kier alpha value is -1.27. The molecule has 0 aromatic heterocycles. The fourth-order valence-electron chi connectivity index (χ4n) is 1.50. The molecule has 94 valence electrons. The Morgan fingerprint density at radius 1 is 1.24 bits per heavy atom. The van der Waals surface area contributed by atoms with Crippen LogP contribution < -0.4 is 15.4 Å². The van der Waals surface area contributed by atoms with Crippen LogP contribution in [0.5, 0.6) is 5.75 Å². The lowest BCUT2D eigenvalue weighted by atomic mass is 10.1. The molecule has 0 atom stereocenters. The van der Waals surface area contributed by atoms with Crippen LogP contribution >= 0.6 is 0 Å². The molecule has 2 N–H and O–H groups in total. The SMILES string of the molecule is FC(F)(F)Oc1ccc(CNC2CNC2)cc1. The van der Waals surface area contributed by atoms with Gasteiger partial charge in [0.2, 0.25) is 0 Å². The predicted octanol–water partition coefficient (Wildman–Crippen LogP) is 1.65. The molecule has 0 aliphatic carbocycles. The molecule has 3 nitrogen and oxygen atoms in total. The van der Waals surface area contributed by atoms with Crippen molar-refractivity contribution >= 4 is 0 Å². The van der Waals surface area contributed by atoms with Crippen LogP contribution in [0.3, 0.4) is 0 Å². The second-order valence-electron chi connectivity index (χ2n) is 3.93. The summed E-state index contributed by atoms with van der Waals surface area (Å²) < 4.78 is 39.5. The molecule has 17 heavy (non-hydrogen) atoms. The van der Waals surface area contributed by atoms with Crippen molar-refractivity contribution in [2.24, 2.45) is 0 Å². The van der Waals surface area contributed by atoms with Crippen LogP contribution in [0, 0.1) is 0 Å². The van der Waals surface area contributed by atoms with Gasteiger partial charge in [0.05, 0.1) is 0 Å². The van der Waals surface area contributed by atoms with Gasteiger partial charge in [-0.15, -0.1) is 13.2 Å². The minimum atomic E-state index is -4.63. The number of benzene rings is 1. The molecule has 2 rings (SSSR count). The third-order valence-electron chi connectivity index (χ3n) is 2.53. The van der Waals surface area contributed by atoms with Crippen LogP contribution in [-0.4, -0.2) is 25.5 Å². The number of rotatable bonds is 4. The molecule has 1 aromatic rings. The monoisotopic (exact) mass is 246 g/mol. The number of hydrogen-bond acceptors (Lipinski definition) is 3. The molecule has 0 spiro atoms. The number of ether oxygens (including phenoxy) is 1. The first kappa shape index (κ1) is 12.2. The van der Waals surface area contributed by atoms with Crippen molar-refractivity contribution in [1.82, 2.24) is 10.6 Å². The normalized spacial score (nSPS) is 16.6. The van der Waals surface area contributed by atoms with Crippen molar-refractivity contribution in [1.29, 1.82) is 0 Å². The minimum absolute atomic E-state index is 0.188. The standard InChI is InChI=1S/C11H13F3N2O/c12-11(13,14)17-10-3-1-8(2-4-10)5-16-9-6-15-7-9/h1-4,9,15-16H,5-7H2. The van der Waals surface area contributed by atoms with E-state index < -0.39 is 6.36 Å². The van der Waals surface area contributed by atoms with Gasteiger partial charge in [-0.1, -0.05) is 12.1 Å². The molecule has 1 aromatic carbocycles. The smallest absolute Gasteiger partial charge is 0.406 e. The number of nitrogens with one attached hydrogen (secondary N) is 2. The van der Waals surface area contributed by atoms with Gasteiger partial charge in [-0.05, 0) is 17.7 Å². The van der Waals surface area contributed by atoms with Crippen molar-refractivity contribution in [2.45, 2.75) is 18.9 Å². The maximum absolute atomic E-state index is 11.9. The molecular weight excluding hydrogens is 233 g/mol. The summed E-state index contributed by atoms with van der Waals surface area (Å²) in [6, 6.07) is 6.36. The van der Waals surface area contributed by atoms with E-state index in [9.17, 15) is 13.2 Å². The summed E-state index contributed by atoms with van der Waals surface area (Å²) in [6.07, 6.45) is -4.63. The molecule has 1 aliphatic heterocycles. The summed E-state index contributed by atoms with van der Waals surface area (Å²) in [6.45, 7) is 2.53. The van der Waals surface area contributed by atoms with Crippen molar-refractivity contribution in [2.75, 3.05) is 13.1 Å². The molecule has 0 unspecified atom stereocenters. The molecule has 1 heterocycles. The van der Waals surface area contributed by atoms with Gasteiger partial charge in [0.1, 0.15) is 5.75 Å². The highest BCUT2D eigenvalue weighted by Gasteiger charge is 2.30. The van der Waals surface area contributed by atoms with Gasteiger partial charge < -0.3 is 15.4 Å². The molecule has 1 aliphatic rings. The van der Waals surface area contributed by atoms with Crippen molar-refractivity contribution < 1.29 is 17.9 Å². The average Bonchev–Trinajstić information content (AvgIpc) is 2.16. The van der Waals surface area contributed by atoms with E-state index in [1.807, 2.05) is 0 Å². The van der Waals surface area contributed by atoms with E-state index in [1.165, 1.54) is 12.1 Å². The molecule has 0 saturated carbocycles. The van der Waals surface area contributed by atoms with Crippen molar-refractivity contribution in [3.05, 3.63) is 29.8 Å². The second kappa shape index (κ2) is 4.93. The molecule has 0 amide bonds. The summed E-state index contributed by atoms with van der Waals surface area (Å²) in [7, 11) is 0. The Morgan fingerprint density at radius 2 is 1.88 bits per heavy atom. The van der Waals surface area contributed by atoms with Gasteiger partial charge in [-0.3, -0.25) is 0 Å². The quantitative estimate of drug-likeness (QED) is 0.847. The lowest BCUT2D eigenvalue weighted by molar-refractivity contribution is -0.274. The highest BCUT2D eigenvalue weighted by molar-refractivity contribution is 5.27. The summed E-state index contributed by atoms with van der Waals surface area (Å²) in [5, 5.41) is 6.40. The first-order valence-corrected chi connectivity index (χ1v) is 5.32. The van der Waals surface area contributed by atoms with Gasteiger partial charge in [0.25, 0.3) is 0 Å². The highest BCUT2D eigenvalue weighted by Crippen LogP contribution is 2.22. The Bertz CT molecular complexity index is 360. The fourth-order valence-corrected chi connectivity index (χ4v) is 1.50. The van der Waals surface area contributed by atoms with Gasteiger partial charge in [-0.25, -0.2) is 0 Å². The van der Waals surface area contributed by atoms with Crippen molar-refractivity contribution in [3.8, 4) is 5.75 Å². The van der Waals surface area contributed by atoms with Crippen LogP contribution in [-0.2, 0) is 6.54 Å². The van der Waals surface area contributed by atoms with E-state index in [0.29, 0.717) is 12.6 Å². The number of alkyl halides is 3. The zero-order valence-electron chi connectivity index (χ0n) is 9.05. The van der Waals surface area contributed by atoms with Gasteiger partial charge in [0, 0.05) is 25.7 Å². The van der Waals surface area contributed by atoms with E-state index in [-0.39, 0.29) is 5.75 Å². The summed E-state index contributed by atoms with van der Waals surface area (Å²) in [5.74, 6) is -0.188. The molecule has 1 saturated heterocycles. The zero-order chi connectivity index (χ0) is 12.3. The van der Waals surface area contributed by atoms with Gasteiger partial charge >= 0.3 is 6.36 Å². The highest BCUT2D eigenvalue weighted by atomic mass is 19.4. The van der Waals surface area contributed by atoms with E-state index in [1.54, 1.807) is 12.1 Å². The third-order valence-corrected chi connectivity index (χ3v) is 2.53. The second-order valence-corrected chi connectivity index (χ2v) is 3.93. The predicted molar refractivity (Wildman–Crippen MR) is 56.6 cm³/mol. The topological polar surface area (TPSA) is 33.3 Å². The van der Waals surface area contributed by atoms with Crippen LogP contribution in [0.25, 0.3) is 0 Å². The Balaban J connectivity index is 1.84. The van der Waals surface area contributed by atoms with E-state index >= 15 is 0 Å². The first-order valence-electron chi connectivity index (χ1n) is 5.32. The maximum Gasteiger partial charge on any atom is 0.573 e. The van der Waals surface area contributed by atoms with E-state index in [4.69, 9.17) is 0 Å². The Morgan fingerprint density at radius 3 is 2.35 bits per heavy atom. The lowest BCUT2D eigenvalue weighted by Gasteiger charge is -2.28. The Kier molecular flexibility index (Phi) is 3.54. The molecule has 0 radical (unpaired) electrons. The van der Waals surface area contributed by atoms with E-state index in [2.05, 4.69) is 15.4 Å². The van der Waals surface area contributed by atoms with Crippen molar-refractivity contribution in [3.63, 3.8) is 0 Å². The van der Waals surface area contributed by atoms with Gasteiger partial charge in [-0.2, -0.15) is 0 Å². The molecule has 0 bridgehead atoms. The summed E-state index contributed by atoms with van der Waals surface area (Å²) in [5.41, 5.74) is 0.937. The summed E-state index contributed by atoms with van der Waals surface area (Å²) >= 11 is 0. The number of hydrogen-bond donors (Lipinski definition) is 2. The first-order chi connectivity index (χ1) is 8.03. The van der Waals surface area contributed by atoms with Crippen LogP contribution in [0.2, 0.25) is 0 Å². The maximum atomic E-state index is 11.9. The van der Waals surface area contributed by atoms with Crippen LogP contribution in [0.4, 0.5) is 13.2 Å². The zero-order valence-corrected chi connectivity index (χ0v) is 9.05. The average molecular weight is 246 g/mol. The van der Waals surface area contributed by atoms with Crippen LogP contribution in [0.15, 0.2) is 24.3 Å².